The minimum absolute atomic E-state index is 0.243. The summed E-state index contributed by atoms with van der Waals surface area (Å²) in [6.45, 7) is 0.569. The fourth-order valence-corrected chi connectivity index (χ4v) is 0.583. The maximum Gasteiger partial charge on any atom is 0.198 e. The maximum absolute atomic E-state index is 10.3. The Labute approximate surface area is 54.9 Å². The van der Waals surface area contributed by atoms with E-state index in [0.29, 0.717) is 6.54 Å². The molecule has 0 aromatic carbocycles. The molecule has 0 aliphatic rings. The molecule has 0 bridgehead atoms. The van der Waals surface area contributed by atoms with Crippen molar-refractivity contribution in [3.05, 3.63) is 5.94 Å². The van der Waals surface area contributed by atoms with Gasteiger partial charge >= 0.3 is 0 Å². The van der Waals surface area contributed by atoms with Gasteiger partial charge in [-0.1, -0.05) is 0 Å². The molecule has 5 heteroatoms. The van der Waals surface area contributed by atoms with Gasteiger partial charge in [0, 0.05) is 12.8 Å². The van der Waals surface area contributed by atoms with Crippen LogP contribution in [0.4, 0.5) is 0 Å². The lowest BCUT2D eigenvalue weighted by molar-refractivity contribution is 0.235. The van der Waals surface area contributed by atoms with Crippen LogP contribution in [-0.4, -0.2) is 27.8 Å². The van der Waals surface area contributed by atoms with Crippen LogP contribution in [0, 0.1) is 5.94 Å². The minimum atomic E-state index is -3.10. The van der Waals surface area contributed by atoms with Crippen LogP contribution in [0.5, 0.6) is 0 Å². The second kappa shape index (κ2) is 3.81. The Morgan fingerprint density at radius 1 is 1.67 bits per heavy atom. The van der Waals surface area contributed by atoms with E-state index in [1.165, 1.54) is 0 Å². The van der Waals surface area contributed by atoms with Crippen LogP contribution in [-0.2, 0) is 14.6 Å². The van der Waals surface area contributed by atoms with Crippen molar-refractivity contribution in [2.24, 2.45) is 5.73 Å². The Balaban J connectivity index is 3.30. The molecule has 0 spiro atoms. The highest BCUT2D eigenvalue weighted by molar-refractivity contribution is 7.92. The first-order chi connectivity index (χ1) is 4.06. The number of hydrogen-bond donors (Lipinski definition) is 1. The first-order valence-corrected chi connectivity index (χ1v) is 4.36. The van der Waals surface area contributed by atoms with E-state index < -0.39 is 9.84 Å². The van der Waals surface area contributed by atoms with Crippen molar-refractivity contribution in [2.45, 2.75) is 0 Å². The Kier molecular flexibility index (Phi) is 3.76. The Hall–Kier alpha value is -0.130. The van der Waals surface area contributed by atoms with Crippen LogP contribution >= 0.6 is 0 Å². The fourth-order valence-electron chi connectivity index (χ4n) is 0.240. The standard InChI is InChI=1S/C4H10NO3S/c1-9(6,7)4-8-3-2-5/h4H,2-3,5H2,1H3. The number of ether oxygens (including phenoxy) is 1. The van der Waals surface area contributed by atoms with Gasteiger partial charge in [0.25, 0.3) is 0 Å². The smallest absolute Gasteiger partial charge is 0.198 e. The van der Waals surface area contributed by atoms with Crippen molar-refractivity contribution in [1.82, 2.24) is 0 Å². The van der Waals surface area contributed by atoms with E-state index in [1.807, 2.05) is 0 Å². The molecule has 4 nitrogen and oxygen atoms in total. The SMILES string of the molecule is CS(=O)(=O)[CH]OCCN. The number of rotatable bonds is 4. The van der Waals surface area contributed by atoms with Crippen molar-refractivity contribution in [3.8, 4) is 0 Å². The topological polar surface area (TPSA) is 69.4 Å². The average molecular weight is 152 g/mol. The van der Waals surface area contributed by atoms with E-state index in [9.17, 15) is 8.42 Å². The van der Waals surface area contributed by atoms with Crippen LogP contribution in [0.3, 0.4) is 0 Å². The molecule has 0 unspecified atom stereocenters. The molecule has 0 aliphatic heterocycles. The lowest BCUT2D eigenvalue weighted by Gasteiger charge is -1.96. The molecule has 0 amide bonds. The zero-order valence-corrected chi connectivity index (χ0v) is 6.02. The zero-order valence-electron chi connectivity index (χ0n) is 5.20. The Morgan fingerprint density at radius 2 is 2.22 bits per heavy atom. The molecule has 0 aliphatic carbocycles. The molecule has 0 atom stereocenters. The van der Waals surface area contributed by atoms with Gasteiger partial charge in [0.15, 0.2) is 15.8 Å². The highest BCUT2D eigenvalue weighted by atomic mass is 32.2. The van der Waals surface area contributed by atoms with Crippen LogP contribution in [0.1, 0.15) is 0 Å². The van der Waals surface area contributed by atoms with Crippen molar-refractivity contribution in [3.63, 3.8) is 0 Å². The largest absolute Gasteiger partial charge is 0.357 e. The van der Waals surface area contributed by atoms with E-state index in [1.54, 1.807) is 0 Å². The van der Waals surface area contributed by atoms with E-state index in [-0.39, 0.29) is 6.61 Å². The summed E-state index contributed by atoms with van der Waals surface area (Å²) in [6, 6.07) is 0. The van der Waals surface area contributed by atoms with E-state index in [4.69, 9.17) is 5.73 Å². The lowest BCUT2D eigenvalue weighted by Crippen LogP contribution is -2.09. The Morgan fingerprint density at radius 3 is 2.56 bits per heavy atom. The van der Waals surface area contributed by atoms with Crippen LogP contribution in [0.2, 0.25) is 0 Å². The third-order valence-electron chi connectivity index (χ3n) is 0.479. The lowest BCUT2D eigenvalue weighted by atomic mass is 10.7. The molecule has 0 aromatic heterocycles. The predicted octanol–water partition coefficient (Wildman–Crippen LogP) is -0.874. The van der Waals surface area contributed by atoms with Gasteiger partial charge in [-0.25, -0.2) is 8.42 Å². The first-order valence-electron chi connectivity index (χ1n) is 2.41. The van der Waals surface area contributed by atoms with Crippen LogP contribution in [0.25, 0.3) is 0 Å². The van der Waals surface area contributed by atoms with Gasteiger partial charge < -0.3 is 10.5 Å². The molecule has 9 heavy (non-hydrogen) atoms. The second-order valence-corrected chi connectivity index (χ2v) is 3.44. The molecular weight excluding hydrogens is 142 g/mol. The number of nitrogens with two attached hydrogens (primary N) is 1. The first kappa shape index (κ1) is 8.87. The van der Waals surface area contributed by atoms with Gasteiger partial charge in [0.05, 0.1) is 6.61 Å². The highest BCUT2D eigenvalue weighted by Crippen LogP contribution is 1.89. The van der Waals surface area contributed by atoms with Gasteiger partial charge in [-0.05, 0) is 0 Å². The molecular formula is C4H10NO3S. The summed E-state index contributed by atoms with van der Waals surface area (Å²) in [4.78, 5) is 0. The van der Waals surface area contributed by atoms with Crippen LogP contribution in [0.15, 0.2) is 0 Å². The van der Waals surface area contributed by atoms with Gasteiger partial charge in [0.2, 0.25) is 0 Å². The molecule has 0 rings (SSSR count). The molecule has 0 aromatic rings. The minimum Gasteiger partial charge on any atom is -0.357 e. The van der Waals surface area contributed by atoms with Gasteiger partial charge in [-0.3, -0.25) is 0 Å². The van der Waals surface area contributed by atoms with Crippen molar-refractivity contribution < 1.29 is 13.2 Å². The van der Waals surface area contributed by atoms with Crippen molar-refractivity contribution >= 4 is 9.84 Å². The van der Waals surface area contributed by atoms with Crippen molar-refractivity contribution in [2.75, 3.05) is 19.4 Å². The average Bonchev–Trinajstić information content (AvgIpc) is 1.63. The fraction of sp³-hybridized carbons (Fsp3) is 0.750. The summed E-state index contributed by atoms with van der Waals surface area (Å²) in [7, 11) is -3.10. The molecule has 55 valence electrons. The summed E-state index contributed by atoms with van der Waals surface area (Å²) >= 11 is 0. The Bertz CT molecular complexity index is 151. The van der Waals surface area contributed by atoms with Gasteiger partial charge in [0.1, 0.15) is 0 Å². The van der Waals surface area contributed by atoms with E-state index >= 15 is 0 Å². The molecule has 0 heterocycles. The molecule has 1 radical (unpaired) electrons. The second-order valence-electron chi connectivity index (χ2n) is 1.59. The summed E-state index contributed by atoms with van der Waals surface area (Å²) in [5.74, 6) is 0.792. The third-order valence-corrected chi connectivity index (χ3v) is 0.964. The third kappa shape index (κ3) is 7.87. The summed E-state index contributed by atoms with van der Waals surface area (Å²) < 4.78 is 25.1. The maximum atomic E-state index is 10.3. The zero-order chi connectivity index (χ0) is 7.33. The quantitative estimate of drug-likeness (QED) is 0.531. The summed E-state index contributed by atoms with van der Waals surface area (Å²) in [5, 5.41) is 0. The molecule has 0 saturated carbocycles. The summed E-state index contributed by atoms with van der Waals surface area (Å²) in [5.41, 5.74) is 5.02. The molecule has 0 saturated heterocycles. The molecule has 2 N–H and O–H groups in total. The van der Waals surface area contributed by atoms with Gasteiger partial charge in [-0.2, -0.15) is 0 Å². The normalized spacial score (nSPS) is 11.8. The van der Waals surface area contributed by atoms with E-state index in [2.05, 4.69) is 4.74 Å². The number of hydrogen-bond acceptors (Lipinski definition) is 4. The monoisotopic (exact) mass is 152 g/mol. The molecule has 0 fully saturated rings. The number of sulfone groups is 1. The highest BCUT2D eigenvalue weighted by Gasteiger charge is 2.00. The predicted molar refractivity (Wildman–Crippen MR) is 34.2 cm³/mol. The van der Waals surface area contributed by atoms with Gasteiger partial charge in [-0.15, -0.1) is 0 Å². The summed E-state index contributed by atoms with van der Waals surface area (Å²) in [6.07, 6.45) is 1.06. The van der Waals surface area contributed by atoms with E-state index in [0.717, 1.165) is 12.2 Å². The van der Waals surface area contributed by atoms with Crippen LogP contribution < -0.4 is 5.73 Å². The van der Waals surface area contributed by atoms with Crippen molar-refractivity contribution in [1.29, 1.82) is 0 Å².